The van der Waals surface area contributed by atoms with Crippen LogP contribution in [-0.2, 0) is 0 Å². The Kier molecular flexibility index (Phi) is 4.77. The van der Waals surface area contributed by atoms with E-state index in [0.29, 0.717) is 35.1 Å². The number of pyridine rings is 1. The van der Waals surface area contributed by atoms with E-state index in [4.69, 9.17) is 0 Å². The first kappa shape index (κ1) is 19.7. The van der Waals surface area contributed by atoms with Gasteiger partial charge < -0.3 is 10.3 Å². The zero-order chi connectivity index (χ0) is 21.6. The standard InChI is InChI=1S/C22H24FN7O/c1-13(15-8-14-4-3-5-22(2,27-14)20(15)23)17-11-26-21(29-28-17)16-10-25-19(9-18(16)31)30-7-6-24-12-30/h6-7,9-12,14-15,20,27H,1,3-5,8H2,2H3,(H,25,31)/t14-,15+,20+,22+/m1/s1. The maximum atomic E-state index is 15.3. The van der Waals surface area contributed by atoms with Gasteiger partial charge >= 0.3 is 0 Å². The molecule has 0 radical (unpaired) electrons. The Morgan fingerprint density at radius 3 is 2.97 bits per heavy atom. The zero-order valence-electron chi connectivity index (χ0n) is 17.3. The highest BCUT2D eigenvalue weighted by Crippen LogP contribution is 2.43. The van der Waals surface area contributed by atoms with Crippen molar-refractivity contribution in [2.24, 2.45) is 5.92 Å². The number of nitrogens with zero attached hydrogens (tertiary/aromatic N) is 5. The van der Waals surface area contributed by atoms with E-state index in [2.05, 4.69) is 37.0 Å². The third kappa shape index (κ3) is 3.48. The minimum absolute atomic E-state index is 0.209. The highest BCUT2D eigenvalue weighted by atomic mass is 19.1. The summed E-state index contributed by atoms with van der Waals surface area (Å²) in [7, 11) is 0. The van der Waals surface area contributed by atoms with E-state index in [-0.39, 0.29) is 17.2 Å². The molecule has 2 N–H and O–H groups in total. The fourth-order valence-corrected chi connectivity index (χ4v) is 4.83. The van der Waals surface area contributed by atoms with E-state index in [0.717, 1.165) is 19.3 Å². The van der Waals surface area contributed by atoms with E-state index < -0.39 is 11.7 Å². The van der Waals surface area contributed by atoms with Crippen molar-refractivity contribution in [1.82, 2.24) is 35.0 Å². The van der Waals surface area contributed by atoms with Crippen LogP contribution in [0.3, 0.4) is 0 Å². The number of allylic oxidation sites excluding steroid dienone is 1. The summed E-state index contributed by atoms with van der Waals surface area (Å²) in [6.07, 6.45) is 10.6. The van der Waals surface area contributed by atoms with Gasteiger partial charge in [0.25, 0.3) is 0 Å². The average Bonchev–Trinajstić information content (AvgIpc) is 3.31. The number of fused-ring (bicyclic) bond motifs is 2. The Morgan fingerprint density at radius 2 is 2.26 bits per heavy atom. The number of imidazole rings is 1. The van der Waals surface area contributed by atoms with E-state index in [1.807, 2.05) is 6.92 Å². The predicted molar refractivity (Wildman–Crippen MR) is 114 cm³/mol. The molecule has 5 heterocycles. The van der Waals surface area contributed by atoms with Gasteiger partial charge in [0.15, 0.2) is 11.3 Å². The van der Waals surface area contributed by atoms with Crippen molar-refractivity contribution in [3.8, 4) is 17.2 Å². The van der Waals surface area contributed by atoms with Crippen molar-refractivity contribution in [2.75, 3.05) is 0 Å². The molecule has 0 amide bonds. The molecule has 2 bridgehead atoms. The van der Waals surface area contributed by atoms with E-state index in [9.17, 15) is 4.79 Å². The number of aromatic amines is 1. The number of piperidine rings is 2. The van der Waals surface area contributed by atoms with Crippen molar-refractivity contribution in [3.05, 3.63) is 59.7 Å². The van der Waals surface area contributed by atoms with Crippen LogP contribution in [0, 0.1) is 5.92 Å². The normalized spacial score (nSPS) is 27.7. The summed E-state index contributed by atoms with van der Waals surface area (Å²) in [5.74, 6) is 0.473. The first-order valence-corrected chi connectivity index (χ1v) is 10.5. The molecule has 2 aliphatic rings. The van der Waals surface area contributed by atoms with Gasteiger partial charge in [0, 0.05) is 42.2 Å². The maximum absolute atomic E-state index is 15.3. The molecule has 2 saturated heterocycles. The number of hydrogen-bond donors (Lipinski definition) is 2. The van der Waals surface area contributed by atoms with Crippen LogP contribution in [0.1, 0.15) is 38.3 Å². The number of rotatable bonds is 4. The van der Waals surface area contributed by atoms with Crippen LogP contribution in [0.2, 0.25) is 0 Å². The van der Waals surface area contributed by atoms with E-state index >= 15 is 4.39 Å². The summed E-state index contributed by atoms with van der Waals surface area (Å²) in [4.78, 5) is 23.9. The Morgan fingerprint density at radius 1 is 1.39 bits per heavy atom. The second-order valence-electron chi connectivity index (χ2n) is 8.65. The molecule has 4 atom stereocenters. The topological polar surface area (TPSA) is 101 Å². The van der Waals surface area contributed by atoms with Gasteiger partial charge in [-0.25, -0.2) is 14.4 Å². The van der Waals surface area contributed by atoms with Crippen LogP contribution in [-0.4, -0.2) is 47.5 Å². The first-order chi connectivity index (χ1) is 14.9. The van der Waals surface area contributed by atoms with Gasteiger partial charge in [-0.1, -0.05) is 6.58 Å². The molecule has 0 aromatic carbocycles. The van der Waals surface area contributed by atoms with Crippen LogP contribution in [0.4, 0.5) is 4.39 Å². The Bertz CT molecular complexity index is 1160. The maximum Gasteiger partial charge on any atom is 0.194 e. The largest absolute Gasteiger partial charge is 0.347 e. The molecular weight excluding hydrogens is 397 g/mol. The predicted octanol–water partition coefficient (Wildman–Crippen LogP) is 2.68. The number of alkyl halides is 1. The molecule has 0 unspecified atom stereocenters. The van der Waals surface area contributed by atoms with E-state index in [1.54, 1.807) is 29.5 Å². The molecule has 2 aliphatic heterocycles. The first-order valence-electron chi connectivity index (χ1n) is 10.5. The van der Waals surface area contributed by atoms with Gasteiger partial charge in [-0.2, -0.15) is 0 Å². The fraction of sp³-hybridized carbons (Fsp3) is 0.409. The number of hydrogen-bond acceptors (Lipinski definition) is 6. The van der Waals surface area contributed by atoms with Crippen LogP contribution in [0.5, 0.6) is 0 Å². The molecule has 31 heavy (non-hydrogen) atoms. The van der Waals surface area contributed by atoms with Crippen molar-refractivity contribution in [3.63, 3.8) is 0 Å². The van der Waals surface area contributed by atoms with Crippen molar-refractivity contribution >= 4 is 5.57 Å². The highest BCUT2D eigenvalue weighted by molar-refractivity contribution is 5.63. The van der Waals surface area contributed by atoms with Crippen molar-refractivity contribution in [2.45, 2.75) is 50.4 Å². The number of nitrogens with one attached hydrogen (secondary N) is 2. The van der Waals surface area contributed by atoms with Gasteiger partial charge in [0.05, 0.1) is 11.8 Å². The molecule has 3 aromatic heterocycles. The van der Waals surface area contributed by atoms with Crippen LogP contribution >= 0.6 is 0 Å². The average molecular weight is 421 g/mol. The Hall–Kier alpha value is -3.20. The minimum Gasteiger partial charge on any atom is -0.347 e. The lowest BCUT2D eigenvalue weighted by Crippen LogP contribution is -2.63. The lowest BCUT2D eigenvalue weighted by molar-refractivity contribution is 0.0324. The number of aromatic nitrogens is 6. The van der Waals surface area contributed by atoms with Crippen LogP contribution < -0.4 is 10.7 Å². The van der Waals surface area contributed by atoms with Crippen molar-refractivity contribution < 1.29 is 4.39 Å². The van der Waals surface area contributed by atoms with Gasteiger partial charge in [-0.15, -0.1) is 10.2 Å². The van der Waals surface area contributed by atoms with Crippen LogP contribution in [0.25, 0.3) is 22.8 Å². The second kappa shape index (κ2) is 7.49. The lowest BCUT2D eigenvalue weighted by Gasteiger charge is -2.50. The summed E-state index contributed by atoms with van der Waals surface area (Å²) in [6, 6.07) is 1.75. The van der Waals surface area contributed by atoms with Gasteiger partial charge in [0.2, 0.25) is 0 Å². The molecule has 0 saturated carbocycles. The zero-order valence-corrected chi connectivity index (χ0v) is 17.3. The summed E-state index contributed by atoms with van der Waals surface area (Å²) in [6.45, 7) is 6.08. The molecule has 160 valence electrons. The van der Waals surface area contributed by atoms with Gasteiger partial charge in [0.1, 0.15) is 24.0 Å². The highest BCUT2D eigenvalue weighted by Gasteiger charge is 2.48. The summed E-state index contributed by atoms with van der Waals surface area (Å²) in [5.41, 5.74) is 0.619. The summed E-state index contributed by atoms with van der Waals surface area (Å²) < 4.78 is 17.0. The fourth-order valence-electron chi connectivity index (χ4n) is 4.83. The Balaban J connectivity index is 1.38. The molecule has 8 nitrogen and oxygen atoms in total. The van der Waals surface area contributed by atoms with Gasteiger partial charge in [-0.05, 0) is 38.2 Å². The van der Waals surface area contributed by atoms with Gasteiger partial charge in [-0.3, -0.25) is 9.36 Å². The minimum atomic E-state index is -1.04. The molecule has 3 aromatic rings. The molecule has 0 spiro atoms. The van der Waals surface area contributed by atoms with Crippen LogP contribution in [0.15, 0.2) is 48.6 Å². The summed E-state index contributed by atoms with van der Waals surface area (Å²) in [5, 5.41) is 11.8. The SMILES string of the molecule is C=C(c1cnc(-c2c[nH]c(-n3ccnc3)cc2=O)nn1)[C@@H]1C[C@H]2CCC[C@](C)(N2)[C@H]1F. The quantitative estimate of drug-likeness (QED) is 0.672. The molecule has 5 rings (SSSR count). The monoisotopic (exact) mass is 421 g/mol. The molecule has 0 aliphatic carbocycles. The smallest absolute Gasteiger partial charge is 0.194 e. The summed E-state index contributed by atoms with van der Waals surface area (Å²) >= 11 is 0. The second-order valence-corrected chi connectivity index (χ2v) is 8.65. The Labute approximate surface area is 178 Å². The lowest BCUT2D eigenvalue weighted by atomic mass is 9.69. The van der Waals surface area contributed by atoms with Crippen molar-refractivity contribution in [1.29, 1.82) is 0 Å². The molecule has 2 fully saturated rings. The third-order valence-electron chi connectivity index (χ3n) is 6.54. The number of halogens is 1. The number of H-pyrrole nitrogens is 1. The molecule has 9 heteroatoms. The third-order valence-corrected chi connectivity index (χ3v) is 6.54. The molecular formula is C22H24FN7O. The van der Waals surface area contributed by atoms with E-state index in [1.165, 1.54) is 12.3 Å².